The Hall–Kier alpha value is -4.37. The van der Waals surface area contributed by atoms with E-state index in [9.17, 15) is 18.4 Å². The summed E-state index contributed by atoms with van der Waals surface area (Å²) in [5.74, 6) is -1.13. The number of carbonyl (C=O) groups is 2. The molecule has 1 atom stereocenters. The van der Waals surface area contributed by atoms with Crippen LogP contribution in [0.25, 0.3) is 11.5 Å². The first-order valence-corrected chi connectivity index (χ1v) is 16.0. The molecule has 244 valence electrons. The van der Waals surface area contributed by atoms with Gasteiger partial charge in [0.25, 0.3) is 11.8 Å². The fourth-order valence-corrected chi connectivity index (χ4v) is 5.56. The van der Waals surface area contributed by atoms with Gasteiger partial charge in [-0.15, -0.1) is 0 Å². The molecule has 3 aromatic carbocycles. The molecule has 0 spiro atoms. The maximum absolute atomic E-state index is 14.4. The molecule has 0 saturated heterocycles. The molecule has 0 aliphatic carbocycles. The van der Waals surface area contributed by atoms with Gasteiger partial charge in [0.1, 0.15) is 17.9 Å². The van der Waals surface area contributed by atoms with Crippen LogP contribution in [0.2, 0.25) is 0 Å². The molecule has 2 amide bonds. The number of oxazole rings is 1. The molecule has 0 aliphatic heterocycles. The van der Waals surface area contributed by atoms with Crippen molar-refractivity contribution >= 4 is 11.8 Å². The monoisotopic (exact) mass is 630 g/mol. The summed E-state index contributed by atoms with van der Waals surface area (Å²) in [6.45, 7) is 10.1. The average molecular weight is 631 g/mol. The average Bonchev–Trinajstić information content (AvgIpc) is 3.57. The first-order valence-electron chi connectivity index (χ1n) is 16.0. The molecule has 7 nitrogen and oxygen atoms in total. The number of aromatic nitrogens is 1. The third kappa shape index (κ3) is 9.33. The Morgan fingerprint density at radius 1 is 0.848 bits per heavy atom. The van der Waals surface area contributed by atoms with Crippen molar-refractivity contribution in [3.05, 3.63) is 113 Å². The van der Waals surface area contributed by atoms with Crippen LogP contribution in [0, 0.1) is 11.6 Å². The van der Waals surface area contributed by atoms with Crippen molar-refractivity contribution in [2.24, 2.45) is 5.73 Å². The number of benzene rings is 3. The summed E-state index contributed by atoms with van der Waals surface area (Å²) in [5.41, 5.74) is 10.2. The van der Waals surface area contributed by atoms with Crippen LogP contribution in [0.5, 0.6) is 0 Å². The summed E-state index contributed by atoms with van der Waals surface area (Å²) in [7, 11) is 0. The standard InChI is InChI=1S/C37H44F2N4O3/c1-5-12-42(13-6-2)36(44)30-20-29(35-41-11-15-46-35)21-31(22-30)37(45)43(24-26-8-7-9-28(16-26)25(3)4)14-10-34(40)19-27-17-32(38)23-33(39)18-27/h7-9,11,15-18,20-23,25,34H,5-6,10,12-14,19,24,40H2,1-4H3/t34-/m1/s1. The molecule has 2 N–H and O–H groups in total. The van der Waals surface area contributed by atoms with E-state index in [1.807, 2.05) is 26.0 Å². The molecule has 1 heterocycles. The topological polar surface area (TPSA) is 92.7 Å². The Kier molecular flexibility index (Phi) is 12.2. The minimum atomic E-state index is -0.656. The quantitative estimate of drug-likeness (QED) is 0.146. The van der Waals surface area contributed by atoms with Gasteiger partial charge in [0, 0.05) is 55.0 Å². The predicted molar refractivity (Wildman–Crippen MR) is 176 cm³/mol. The van der Waals surface area contributed by atoms with Gasteiger partial charge in [-0.25, -0.2) is 13.8 Å². The zero-order valence-corrected chi connectivity index (χ0v) is 27.1. The Bertz CT molecular complexity index is 1580. The Morgan fingerprint density at radius 2 is 1.50 bits per heavy atom. The third-order valence-corrected chi connectivity index (χ3v) is 7.85. The Labute approximate surface area is 270 Å². The third-order valence-electron chi connectivity index (χ3n) is 7.85. The SMILES string of the molecule is CCCN(CCC)C(=O)c1cc(C(=O)N(CC[C@@H](N)Cc2cc(F)cc(F)c2)Cc2cccc(C(C)C)c2)cc(-c2ncco2)c1. The summed E-state index contributed by atoms with van der Waals surface area (Å²) < 4.78 is 33.2. The summed E-state index contributed by atoms with van der Waals surface area (Å²) in [6, 6.07) is 16.1. The number of hydrogen-bond acceptors (Lipinski definition) is 5. The lowest BCUT2D eigenvalue weighted by Crippen LogP contribution is -2.36. The number of nitrogens with two attached hydrogens (primary N) is 1. The first kappa shape index (κ1) is 34.5. The highest BCUT2D eigenvalue weighted by Crippen LogP contribution is 2.25. The van der Waals surface area contributed by atoms with Crippen molar-refractivity contribution in [3.8, 4) is 11.5 Å². The minimum absolute atomic E-state index is 0.160. The molecule has 46 heavy (non-hydrogen) atoms. The molecule has 4 rings (SSSR count). The molecule has 9 heteroatoms. The lowest BCUT2D eigenvalue weighted by atomic mass is 9.99. The van der Waals surface area contributed by atoms with Gasteiger partial charge < -0.3 is 20.0 Å². The molecule has 0 fully saturated rings. The second-order valence-corrected chi connectivity index (χ2v) is 12.1. The number of carbonyl (C=O) groups excluding carboxylic acids is 2. The lowest BCUT2D eigenvalue weighted by Gasteiger charge is -2.26. The zero-order valence-electron chi connectivity index (χ0n) is 27.1. The van der Waals surface area contributed by atoms with Crippen molar-refractivity contribution in [3.63, 3.8) is 0 Å². The number of halogens is 2. The summed E-state index contributed by atoms with van der Waals surface area (Å²) >= 11 is 0. The highest BCUT2D eigenvalue weighted by molar-refractivity contribution is 6.01. The van der Waals surface area contributed by atoms with E-state index in [0.29, 0.717) is 60.1 Å². The van der Waals surface area contributed by atoms with Crippen LogP contribution in [0.3, 0.4) is 0 Å². The summed E-state index contributed by atoms with van der Waals surface area (Å²) in [6.07, 6.45) is 5.23. The van der Waals surface area contributed by atoms with Crippen molar-refractivity contribution < 1.29 is 22.8 Å². The van der Waals surface area contributed by atoms with E-state index in [-0.39, 0.29) is 24.8 Å². The van der Waals surface area contributed by atoms with E-state index in [1.54, 1.807) is 28.0 Å². The molecule has 0 unspecified atom stereocenters. The van der Waals surface area contributed by atoms with Gasteiger partial charge in [0.2, 0.25) is 5.89 Å². The molecular formula is C37H44F2N4O3. The molecular weight excluding hydrogens is 586 g/mol. The van der Waals surface area contributed by atoms with E-state index >= 15 is 0 Å². The number of amides is 2. The van der Waals surface area contributed by atoms with Crippen molar-refractivity contribution in [2.75, 3.05) is 19.6 Å². The summed E-state index contributed by atoms with van der Waals surface area (Å²) in [4.78, 5) is 35.8. The molecule has 0 aliphatic rings. The minimum Gasteiger partial charge on any atom is -0.445 e. The summed E-state index contributed by atoms with van der Waals surface area (Å²) in [5, 5.41) is 0. The number of hydrogen-bond donors (Lipinski definition) is 1. The number of rotatable bonds is 15. The smallest absolute Gasteiger partial charge is 0.254 e. The molecule has 0 radical (unpaired) electrons. The van der Waals surface area contributed by atoms with Gasteiger partial charge in [0.05, 0.1) is 6.20 Å². The van der Waals surface area contributed by atoms with Crippen LogP contribution in [-0.2, 0) is 13.0 Å². The van der Waals surface area contributed by atoms with Crippen molar-refractivity contribution in [2.45, 2.75) is 71.9 Å². The van der Waals surface area contributed by atoms with Gasteiger partial charge in [-0.1, -0.05) is 52.0 Å². The van der Waals surface area contributed by atoms with Crippen LogP contribution in [0.15, 0.2) is 77.5 Å². The van der Waals surface area contributed by atoms with Crippen molar-refractivity contribution in [1.82, 2.24) is 14.8 Å². The second-order valence-electron chi connectivity index (χ2n) is 12.1. The highest BCUT2D eigenvalue weighted by Gasteiger charge is 2.23. The largest absolute Gasteiger partial charge is 0.445 e. The van der Waals surface area contributed by atoms with E-state index in [0.717, 1.165) is 30.0 Å². The van der Waals surface area contributed by atoms with Crippen LogP contribution in [-0.4, -0.2) is 52.3 Å². The van der Waals surface area contributed by atoms with Gasteiger partial charge in [-0.05, 0) is 78.6 Å². The van der Waals surface area contributed by atoms with Gasteiger partial charge >= 0.3 is 0 Å². The molecule has 4 aromatic rings. The maximum Gasteiger partial charge on any atom is 0.254 e. The van der Waals surface area contributed by atoms with E-state index in [2.05, 4.69) is 31.0 Å². The van der Waals surface area contributed by atoms with Crippen LogP contribution >= 0.6 is 0 Å². The normalized spacial score (nSPS) is 11.9. The first-order chi connectivity index (χ1) is 22.1. The fourth-order valence-electron chi connectivity index (χ4n) is 5.56. The van der Waals surface area contributed by atoms with Crippen LogP contribution in [0.1, 0.15) is 90.3 Å². The Morgan fingerprint density at radius 3 is 2.09 bits per heavy atom. The van der Waals surface area contributed by atoms with Crippen LogP contribution in [0.4, 0.5) is 8.78 Å². The number of nitrogens with zero attached hydrogens (tertiary/aromatic N) is 3. The van der Waals surface area contributed by atoms with E-state index < -0.39 is 17.7 Å². The van der Waals surface area contributed by atoms with Gasteiger partial charge in [-0.3, -0.25) is 9.59 Å². The highest BCUT2D eigenvalue weighted by atomic mass is 19.1. The molecule has 0 saturated carbocycles. The van der Waals surface area contributed by atoms with Gasteiger partial charge in [-0.2, -0.15) is 0 Å². The van der Waals surface area contributed by atoms with E-state index in [4.69, 9.17) is 10.2 Å². The lowest BCUT2D eigenvalue weighted by molar-refractivity contribution is 0.0738. The zero-order chi connectivity index (χ0) is 33.2. The van der Waals surface area contributed by atoms with Crippen LogP contribution < -0.4 is 5.73 Å². The molecule has 0 bridgehead atoms. The predicted octanol–water partition coefficient (Wildman–Crippen LogP) is 7.61. The van der Waals surface area contributed by atoms with E-state index in [1.165, 1.54) is 24.6 Å². The van der Waals surface area contributed by atoms with Gasteiger partial charge in [0.15, 0.2) is 0 Å². The second kappa shape index (κ2) is 16.3. The molecule has 1 aromatic heterocycles. The van der Waals surface area contributed by atoms with Crippen molar-refractivity contribution in [1.29, 1.82) is 0 Å². The Balaban J connectivity index is 1.68. The fraction of sp³-hybridized carbons (Fsp3) is 0.378. The maximum atomic E-state index is 14.4.